The van der Waals surface area contributed by atoms with E-state index in [2.05, 4.69) is 20.9 Å². The number of hydrogen-bond donors (Lipinski definition) is 2. The number of benzene rings is 1. The van der Waals surface area contributed by atoms with E-state index in [1.54, 1.807) is 16.9 Å². The van der Waals surface area contributed by atoms with Crippen LogP contribution in [0.15, 0.2) is 24.4 Å². The van der Waals surface area contributed by atoms with Gasteiger partial charge in [0.25, 0.3) is 5.91 Å². The maximum absolute atomic E-state index is 13.3. The average molecular weight is 375 g/mol. The average Bonchev–Trinajstić information content (AvgIpc) is 3.34. The van der Waals surface area contributed by atoms with Gasteiger partial charge in [0.1, 0.15) is 0 Å². The normalized spacial score (nSPS) is 22.6. The molecule has 0 bridgehead atoms. The van der Waals surface area contributed by atoms with E-state index in [9.17, 15) is 13.6 Å². The van der Waals surface area contributed by atoms with Crippen molar-refractivity contribution >= 4 is 5.91 Å². The topological polar surface area (TPSA) is 71.8 Å². The number of rotatable bonds is 6. The predicted molar refractivity (Wildman–Crippen MR) is 95.0 cm³/mol. The summed E-state index contributed by atoms with van der Waals surface area (Å²) in [5.74, 6) is -1.78. The summed E-state index contributed by atoms with van der Waals surface area (Å²) >= 11 is 0. The van der Waals surface area contributed by atoms with Crippen LogP contribution in [0.5, 0.6) is 0 Å². The molecule has 2 aromatic rings. The summed E-state index contributed by atoms with van der Waals surface area (Å²) in [6.45, 7) is 0.515. The van der Waals surface area contributed by atoms with E-state index in [-0.39, 0.29) is 11.9 Å². The van der Waals surface area contributed by atoms with Gasteiger partial charge >= 0.3 is 0 Å². The number of nitrogens with one attached hydrogen (secondary N) is 2. The van der Waals surface area contributed by atoms with Crippen molar-refractivity contribution in [2.45, 2.75) is 63.2 Å². The van der Waals surface area contributed by atoms with E-state index in [1.165, 1.54) is 6.07 Å². The number of aromatic nitrogens is 3. The lowest BCUT2D eigenvalue weighted by atomic mass is 9.91. The number of amides is 1. The molecule has 2 saturated carbocycles. The van der Waals surface area contributed by atoms with Gasteiger partial charge in [0.15, 0.2) is 17.3 Å². The van der Waals surface area contributed by atoms with Gasteiger partial charge in [-0.2, -0.15) is 0 Å². The van der Waals surface area contributed by atoms with E-state index in [0.717, 1.165) is 50.2 Å². The standard InChI is InChI=1S/C19H23F2N5O/c20-16-8-1-12(9-17(16)21)10-22-13-4-6-15(7-5-13)26-11-18(24-25-26)19(27)23-14-2-3-14/h1,8-9,11,13-15,22H,2-7,10H2,(H,23,27). The maximum Gasteiger partial charge on any atom is 0.273 e. The second-order valence-electron chi connectivity index (χ2n) is 7.47. The van der Waals surface area contributed by atoms with Crippen molar-refractivity contribution in [3.8, 4) is 0 Å². The molecule has 0 radical (unpaired) electrons. The SMILES string of the molecule is O=C(NC1CC1)c1cn(C2CCC(NCc3ccc(F)c(F)c3)CC2)nn1. The van der Waals surface area contributed by atoms with E-state index in [1.807, 2.05) is 0 Å². The summed E-state index contributed by atoms with van der Waals surface area (Å²) in [6, 6.07) is 4.86. The van der Waals surface area contributed by atoms with Gasteiger partial charge in [-0.25, -0.2) is 13.5 Å². The Morgan fingerprint density at radius 3 is 2.52 bits per heavy atom. The van der Waals surface area contributed by atoms with Gasteiger partial charge in [0.05, 0.1) is 12.2 Å². The van der Waals surface area contributed by atoms with E-state index < -0.39 is 11.6 Å². The van der Waals surface area contributed by atoms with Crippen molar-refractivity contribution in [1.29, 1.82) is 0 Å². The highest BCUT2D eigenvalue weighted by Crippen LogP contribution is 2.28. The van der Waals surface area contributed by atoms with Crippen LogP contribution in [0, 0.1) is 11.6 Å². The lowest BCUT2D eigenvalue weighted by Crippen LogP contribution is -2.33. The predicted octanol–water partition coefficient (Wildman–Crippen LogP) is 2.72. The fraction of sp³-hybridized carbons (Fsp3) is 0.526. The van der Waals surface area contributed by atoms with Crippen LogP contribution in [0.3, 0.4) is 0 Å². The Hall–Kier alpha value is -2.35. The van der Waals surface area contributed by atoms with Crippen LogP contribution in [0.25, 0.3) is 0 Å². The van der Waals surface area contributed by atoms with Crippen LogP contribution in [0.4, 0.5) is 8.78 Å². The minimum absolute atomic E-state index is 0.148. The molecule has 2 aliphatic rings. The number of hydrogen-bond acceptors (Lipinski definition) is 4. The zero-order valence-electron chi connectivity index (χ0n) is 15.0. The molecule has 1 heterocycles. The smallest absolute Gasteiger partial charge is 0.273 e. The summed E-state index contributed by atoms with van der Waals surface area (Å²) in [4.78, 5) is 12.0. The molecule has 2 N–H and O–H groups in total. The Morgan fingerprint density at radius 2 is 1.81 bits per heavy atom. The van der Waals surface area contributed by atoms with E-state index in [0.29, 0.717) is 24.3 Å². The fourth-order valence-electron chi connectivity index (χ4n) is 3.50. The van der Waals surface area contributed by atoms with Gasteiger partial charge in [-0.15, -0.1) is 5.10 Å². The molecule has 4 rings (SSSR count). The second-order valence-corrected chi connectivity index (χ2v) is 7.47. The maximum atomic E-state index is 13.3. The van der Waals surface area contributed by atoms with Crippen molar-refractivity contribution in [2.24, 2.45) is 0 Å². The third kappa shape index (κ3) is 4.50. The molecular formula is C19H23F2N5O. The summed E-state index contributed by atoms with van der Waals surface area (Å²) in [5, 5.41) is 14.5. The minimum atomic E-state index is -0.822. The molecular weight excluding hydrogens is 352 g/mol. The van der Waals surface area contributed by atoms with Crippen LogP contribution in [-0.4, -0.2) is 33.0 Å². The van der Waals surface area contributed by atoms with Crippen molar-refractivity contribution in [3.05, 3.63) is 47.3 Å². The molecule has 144 valence electrons. The first-order chi connectivity index (χ1) is 13.1. The van der Waals surface area contributed by atoms with Crippen LogP contribution < -0.4 is 10.6 Å². The molecule has 0 unspecified atom stereocenters. The van der Waals surface area contributed by atoms with Crippen LogP contribution >= 0.6 is 0 Å². The molecule has 1 aromatic heterocycles. The lowest BCUT2D eigenvalue weighted by Gasteiger charge is -2.29. The lowest BCUT2D eigenvalue weighted by molar-refractivity contribution is 0.0946. The van der Waals surface area contributed by atoms with E-state index >= 15 is 0 Å². The van der Waals surface area contributed by atoms with Gasteiger partial charge in [-0.1, -0.05) is 11.3 Å². The first-order valence-corrected chi connectivity index (χ1v) is 9.48. The highest BCUT2D eigenvalue weighted by Gasteiger charge is 2.27. The van der Waals surface area contributed by atoms with Crippen LogP contribution in [0.1, 0.15) is 60.6 Å². The molecule has 0 spiro atoms. The minimum Gasteiger partial charge on any atom is -0.348 e. The summed E-state index contributed by atoms with van der Waals surface area (Å²) in [5.41, 5.74) is 1.11. The van der Waals surface area contributed by atoms with Crippen LogP contribution in [-0.2, 0) is 6.54 Å². The van der Waals surface area contributed by atoms with E-state index in [4.69, 9.17) is 0 Å². The monoisotopic (exact) mass is 375 g/mol. The van der Waals surface area contributed by atoms with Gasteiger partial charge in [0.2, 0.25) is 0 Å². The van der Waals surface area contributed by atoms with Crippen molar-refractivity contribution < 1.29 is 13.6 Å². The molecule has 1 aromatic carbocycles. The molecule has 1 amide bonds. The Kier molecular flexibility index (Phi) is 5.15. The third-order valence-corrected chi connectivity index (χ3v) is 5.31. The Balaban J connectivity index is 1.25. The number of halogens is 2. The molecule has 0 saturated heterocycles. The van der Waals surface area contributed by atoms with Gasteiger partial charge in [-0.3, -0.25) is 4.79 Å². The number of carbonyl (C=O) groups is 1. The Morgan fingerprint density at radius 1 is 1.07 bits per heavy atom. The number of carbonyl (C=O) groups excluding carboxylic acids is 1. The zero-order valence-corrected chi connectivity index (χ0v) is 15.0. The Bertz CT molecular complexity index is 812. The summed E-state index contributed by atoms with van der Waals surface area (Å²) in [7, 11) is 0. The molecule has 6 nitrogen and oxygen atoms in total. The molecule has 2 aliphatic carbocycles. The van der Waals surface area contributed by atoms with Crippen LogP contribution in [0.2, 0.25) is 0 Å². The zero-order chi connectivity index (χ0) is 18.8. The molecule has 2 fully saturated rings. The molecule has 27 heavy (non-hydrogen) atoms. The highest BCUT2D eigenvalue weighted by molar-refractivity contribution is 5.92. The van der Waals surface area contributed by atoms with Crippen molar-refractivity contribution in [3.63, 3.8) is 0 Å². The van der Waals surface area contributed by atoms with Gasteiger partial charge < -0.3 is 10.6 Å². The van der Waals surface area contributed by atoms with Gasteiger partial charge in [-0.05, 0) is 56.2 Å². The molecule has 0 aliphatic heterocycles. The summed E-state index contributed by atoms with van der Waals surface area (Å²) < 4.78 is 28.0. The highest BCUT2D eigenvalue weighted by atomic mass is 19.2. The quantitative estimate of drug-likeness (QED) is 0.814. The van der Waals surface area contributed by atoms with Crippen molar-refractivity contribution in [2.75, 3.05) is 0 Å². The van der Waals surface area contributed by atoms with Crippen molar-refractivity contribution in [1.82, 2.24) is 25.6 Å². The molecule has 8 heteroatoms. The Labute approximate surface area is 156 Å². The largest absolute Gasteiger partial charge is 0.348 e. The summed E-state index contributed by atoms with van der Waals surface area (Å²) in [6.07, 6.45) is 7.60. The first kappa shape index (κ1) is 18.0. The molecule has 0 atom stereocenters. The third-order valence-electron chi connectivity index (χ3n) is 5.31. The number of nitrogens with zero attached hydrogens (tertiary/aromatic N) is 3. The first-order valence-electron chi connectivity index (χ1n) is 9.48. The fourth-order valence-corrected chi connectivity index (χ4v) is 3.50. The van der Waals surface area contributed by atoms with Gasteiger partial charge in [0, 0.05) is 18.6 Å². The second kappa shape index (κ2) is 7.72.